The summed E-state index contributed by atoms with van der Waals surface area (Å²) in [5.74, 6) is -0.347. The number of pyridine rings is 1. The van der Waals surface area contributed by atoms with E-state index in [1.807, 2.05) is 0 Å². The van der Waals surface area contributed by atoms with Gasteiger partial charge in [-0.25, -0.2) is 4.39 Å². The van der Waals surface area contributed by atoms with Gasteiger partial charge in [-0.3, -0.25) is 4.79 Å². The number of aryl methyl sites for hydroxylation is 1. The van der Waals surface area contributed by atoms with E-state index in [1.165, 1.54) is 18.2 Å². The quantitative estimate of drug-likeness (QED) is 0.845. The Morgan fingerprint density at radius 3 is 2.81 bits per heavy atom. The number of ether oxygens (including phenoxy) is 1. The molecular formula is C12H12FNO2. The fourth-order valence-corrected chi connectivity index (χ4v) is 1.65. The zero-order valence-electron chi connectivity index (χ0n) is 9.13. The first-order valence-corrected chi connectivity index (χ1v) is 5.08. The third-order valence-corrected chi connectivity index (χ3v) is 2.32. The van der Waals surface area contributed by atoms with Crippen LogP contribution in [0.4, 0.5) is 4.39 Å². The van der Waals surface area contributed by atoms with Crippen LogP contribution >= 0.6 is 0 Å². The Hall–Kier alpha value is -1.84. The molecule has 2 aromatic rings. The van der Waals surface area contributed by atoms with Crippen molar-refractivity contribution in [3.05, 3.63) is 39.9 Å². The summed E-state index contributed by atoms with van der Waals surface area (Å²) < 4.78 is 18.6. The molecule has 0 saturated carbocycles. The molecule has 0 aliphatic heterocycles. The fourth-order valence-electron chi connectivity index (χ4n) is 1.65. The second-order valence-corrected chi connectivity index (χ2v) is 3.58. The Kier molecular flexibility index (Phi) is 2.64. The standard InChI is InChI=1S/C12H12FNO2/c1-3-16-12-5-8-10(6-9(12)13)14-7(2)4-11(8)15/h4-6H,3H2,1-2H3,(H,14,15). The average Bonchev–Trinajstić information content (AvgIpc) is 2.20. The molecule has 4 heteroatoms. The number of aromatic nitrogens is 1. The predicted molar refractivity (Wildman–Crippen MR) is 60.4 cm³/mol. The summed E-state index contributed by atoms with van der Waals surface area (Å²) in [5, 5.41) is 0.440. The molecular weight excluding hydrogens is 209 g/mol. The van der Waals surface area contributed by atoms with Gasteiger partial charge in [0.15, 0.2) is 17.0 Å². The number of halogens is 1. The van der Waals surface area contributed by atoms with Crippen molar-refractivity contribution in [3.63, 3.8) is 0 Å². The van der Waals surface area contributed by atoms with Gasteiger partial charge in [0.05, 0.1) is 12.1 Å². The number of aromatic amines is 1. The van der Waals surface area contributed by atoms with Crippen molar-refractivity contribution in [1.82, 2.24) is 4.98 Å². The van der Waals surface area contributed by atoms with Crippen molar-refractivity contribution in [3.8, 4) is 5.75 Å². The minimum atomic E-state index is -0.462. The summed E-state index contributed by atoms with van der Waals surface area (Å²) in [6, 6.07) is 4.21. The first-order chi connectivity index (χ1) is 7.61. The molecule has 16 heavy (non-hydrogen) atoms. The molecule has 0 radical (unpaired) electrons. The second-order valence-electron chi connectivity index (χ2n) is 3.58. The van der Waals surface area contributed by atoms with Gasteiger partial charge in [0, 0.05) is 23.2 Å². The summed E-state index contributed by atoms with van der Waals surface area (Å²) in [6.45, 7) is 3.89. The Balaban J connectivity index is 2.74. The highest BCUT2D eigenvalue weighted by atomic mass is 19.1. The monoisotopic (exact) mass is 221 g/mol. The lowest BCUT2D eigenvalue weighted by Crippen LogP contribution is -2.04. The van der Waals surface area contributed by atoms with Crippen molar-refractivity contribution in [2.24, 2.45) is 0 Å². The van der Waals surface area contributed by atoms with Crippen molar-refractivity contribution in [2.75, 3.05) is 6.61 Å². The van der Waals surface area contributed by atoms with Crippen LogP contribution in [0.25, 0.3) is 10.9 Å². The van der Waals surface area contributed by atoms with Crippen molar-refractivity contribution >= 4 is 10.9 Å². The molecule has 1 aromatic heterocycles. The molecule has 0 amide bonds. The van der Waals surface area contributed by atoms with Gasteiger partial charge >= 0.3 is 0 Å². The molecule has 0 aliphatic carbocycles. The van der Waals surface area contributed by atoms with Crippen molar-refractivity contribution in [1.29, 1.82) is 0 Å². The number of H-pyrrole nitrogens is 1. The van der Waals surface area contributed by atoms with Crippen LogP contribution in [0.1, 0.15) is 12.6 Å². The molecule has 0 unspecified atom stereocenters. The smallest absolute Gasteiger partial charge is 0.189 e. The molecule has 2 rings (SSSR count). The van der Waals surface area contributed by atoms with Crippen LogP contribution in [0.2, 0.25) is 0 Å². The predicted octanol–water partition coefficient (Wildman–Crippen LogP) is 2.37. The number of hydrogen-bond donors (Lipinski definition) is 1. The third kappa shape index (κ3) is 1.78. The van der Waals surface area contributed by atoms with Gasteiger partial charge < -0.3 is 9.72 Å². The van der Waals surface area contributed by atoms with Gasteiger partial charge in [-0.2, -0.15) is 0 Å². The molecule has 0 fully saturated rings. The van der Waals surface area contributed by atoms with Crippen LogP contribution in [0.15, 0.2) is 23.0 Å². The molecule has 1 N–H and O–H groups in total. The first-order valence-electron chi connectivity index (χ1n) is 5.08. The van der Waals surface area contributed by atoms with E-state index in [2.05, 4.69) is 4.98 Å². The van der Waals surface area contributed by atoms with Crippen LogP contribution in [0.5, 0.6) is 5.75 Å². The van der Waals surface area contributed by atoms with Crippen molar-refractivity contribution < 1.29 is 9.13 Å². The first kappa shape index (κ1) is 10.7. The Morgan fingerprint density at radius 2 is 2.12 bits per heavy atom. The summed E-state index contributed by atoms with van der Waals surface area (Å²) in [6.07, 6.45) is 0. The number of rotatable bonds is 2. The van der Waals surface area contributed by atoms with Crippen molar-refractivity contribution in [2.45, 2.75) is 13.8 Å². The van der Waals surface area contributed by atoms with Crippen LogP contribution in [-0.2, 0) is 0 Å². The lowest BCUT2D eigenvalue weighted by molar-refractivity contribution is 0.322. The van der Waals surface area contributed by atoms with E-state index in [0.29, 0.717) is 23.2 Å². The molecule has 3 nitrogen and oxygen atoms in total. The van der Waals surface area contributed by atoms with E-state index in [1.54, 1.807) is 13.8 Å². The molecule has 0 aliphatic rings. The minimum absolute atomic E-state index is 0.115. The van der Waals surface area contributed by atoms with Crippen LogP contribution in [0, 0.1) is 12.7 Å². The van der Waals surface area contributed by atoms with E-state index in [9.17, 15) is 9.18 Å². The molecule has 0 spiro atoms. The third-order valence-electron chi connectivity index (χ3n) is 2.32. The molecule has 0 bridgehead atoms. The normalized spacial score (nSPS) is 10.7. The maximum Gasteiger partial charge on any atom is 0.189 e. The van der Waals surface area contributed by atoms with Crippen LogP contribution in [-0.4, -0.2) is 11.6 Å². The molecule has 0 atom stereocenters. The lowest BCUT2D eigenvalue weighted by Gasteiger charge is -2.06. The maximum absolute atomic E-state index is 13.5. The fraction of sp³-hybridized carbons (Fsp3) is 0.250. The Labute approximate surface area is 91.9 Å². The number of nitrogens with one attached hydrogen (secondary N) is 1. The summed E-state index contributed by atoms with van der Waals surface area (Å²) in [7, 11) is 0. The van der Waals surface area contributed by atoms with Gasteiger partial charge in [-0.15, -0.1) is 0 Å². The molecule has 1 heterocycles. The SMILES string of the molecule is CCOc1cc2c(=O)cc(C)[nH]c2cc1F. The number of fused-ring (bicyclic) bond motifs is 1. The topological polar surface area (TPSA) is 42.1 Å². The molecule has 1 aromatic carbocycles. The molecule has 0 saturated heterocycles. The number of benzene rings is 1. The summed E-state index contributed by atoms with van der Waals surface area (Å²) in [5.41, 5.74) is 1.07. The van der Waals surface area contributed by atoms with E-state index in [0.717, 1.165) is 0 Å². The van der Waals surface area contributed by atoms with E-state index >= 15 is 0 Å². The van der Waals surface area contributed by atoms with Gasteiger partial charge in [-0.1, -0.05) is 0 Å². The van der Waals surface area contributed by atoms with Crippen LogP contribution in [0.3, 0.4) is 0 Å². The van der Waals surface area contributed by atoms with E-state index in [4.69, 9.17) is 4.74 Å². The largest absolute Gasteiger partial charge is 0.491 e. The summed E-state index contributed by atoms with van der Waals surface area (Å²) >= 11 is 0. The van der Waals surface area contributed by atoms with E-state index in [-0.39, 0.29) is 11.2 Å². The number of hydrogen-bond acceptors (Lipinski definition) is 2. The highest BCUT2D eigenvalue weighted by Crippen LogP contribution is 2.21. The van der Waals surface area contributed by atoms with Gasteiger partial charge in [0.2, 0.25) is 0 Å². The Bertz CT molecular complexity index is 589. The van der Waals surface area contributed by atoms with Gasteiger partial charge in [-0.05, 0) is 19.9 Å². The maximum atomic E-state index is 13.5. The lowest BCUT2D eigenvalue weighted by atomic mass is 10.2. The minimum Gasteiger partial charge on any atom is -0.491 e. The average molecular weight is 221 g/mol. The summed E-state index contributed by atoms with van der Waals surface area (Å²) in [4.78, 5) is 14.6. The van der Waals surface area contributed by atoms with Gasteiger partial charge in [0.1, 0.15) is 0 Å². The van der Waals surface area contributed by atoms with Gasteiger partial charge in [0.25, 0.3) is 0 Å². The second kappa shape index (κ2) is 3.96. The zero-order chi connectivity index (χ0) is 11.7. The Morgan fingerprint density at radius 1 is 1.38 bits per heavy atom. The highest BCUT2D eigenvalue weighted by Gasteiger charge is 2.08. The molecule has 84 valence electrons. The van der Waals surface area contributed by atoms with E-state index < -0.39 is 5.82 Å². The van der Waals surface area contributed by atoms with Crippen LogP contribution < -0.4 is 10.2 Å². The zero-order valence-corrected chi connectivity index (χ0v) is 9.13. The highest BCUT2D eigenvalue weighted by molar-refractivity contribution is 5.80.